The van der Waals surface area contributed by atoms with Crippen molar-refractivity contribution in [2.75, 3.05) is 26.3 Å². The van der Waals surface area contributed by atoms with Gasteiger partial charge in [-0.1, -0.05) is 0 Å². The molecule has 0 aromatic carbocycles. The molecular formula is C11H22N2O2. The fourth-order valence-corrected chi connectivity index (χ4v) is 1.48. The number of rotatable bonds is 2. The van der Waals surface area contributed by atoms with Crippen molar-refractivity contribution < 1.29 is 9.47 Å². The Kier molecular flexibility index (Phi) is 3.99. The Morgan fingerprint density at radius 3 is 2.80 bits per heavy atom. The molecule has 0 aromatic rings. The zero-order chi connectivity index (χ0) is 11.5. The van der Waals surface area contributed by atoms with Gasteiger partial charge in [0.05, 0.1) is 13.2 Å². The number of nitrogens with zero attached hydrogens (tertiary/aromatic N) is 1. The first kappa shape index (κ1) is 12.3. The van der Waals surface area contributed by atoms with E-state index >= 15 is 0 Å². The van der Waals surface area contributed by atoms with Gasteiger partial charge in [0.25, 0.3) is 0 Å². The van der Waals surface area contributed by atoms with Crippen LogP contribution in [0.1, 0.15) is 20.8 Å². The van der Waals surface area contributed by atoms with Gasteiger partial charge in [0, 0.05) is 19.1 Å². The smallest absolute Gasteiger partial charge is 0.182 e. The van der Waals surface area contributed by atoms with Gasteiger partial charge in [-0.2, -0.15) is 0 Å². The Bertz CT molecular complexity index is 223. The van der Waals surface area contributed by atoms with Gasteiger partial charge in [-0.05, 0) is 27.4 Å². The van der Waals surface area contributed by atoms with Crippen molar-refractivity contribution in [1.82, 2.24) is 4.90 Å². The summed E-state index contributed by atoms with van der Waals surface area (Å²) in [6.07, 6.45) is 0. The van der Waals surface area contributed by atoms with E-state index in [9.17, 15) is 0 Å². The summed E-state index contributed by atoms with van der Waals surface area (Å²) >= 11 is 0. The van der Waals surface area contributed by atoms with Gasteiger partial charge in [0.1, 0.15) is 5.60 Å². The Morgan fingerprint density at radius 1 is 1.53 bits per heavy atom. The third-order valence-corrected chi connectivity index (χ3v) is 2.07. The fraction of sp³-hybridized carbons (Fsp3) is 0.818. The van der Waals surface area contributed by atoms with Gasteiger partial charge in [-0.15, -0.1) is 0 Å². The molecule has 0 spiro atoms. The van der Waals surface area contributed by atoms with E-state index in [1.54, 1.807) is 0 Å². The molecule has 0 amide bonds. The average Bonchev–Trinajstić information content (AvgIpc) is 2.26. The molecule has 1 saturated heterocycles. The van der Waals surface area contributed by atoms with Crippen LogP contribution in [-0.4, -0.2) is 42.8 Å². The molecule has 0 saturated carbocycles. The van der Waals surface area contributed by atoms with Gasteiger partial charge in [0.2, 0.25) is 0 Å². The molecule has 1 fully saturated rings. The van der Waals surface area contributed by atoms with Gasteiger partial charge in [0.15, 0.2) is 5.88 Å². The summed E-state index contributed by atoms with van der Waals surface area (Å²) in [5.41, 5.74) is 5.65. The van der Waals surface area contributed by atoms with E-state index < -0.39 is 0 Å². The number of nitrogens with two attached hydrogens (primary N) is 1. The molecule has 0 aliphatic carbocycles. The van der Waals surface area contributed by atoms with Crippen LogP contribution in [0.2, 0.25) is 0 Å². The summed E-state index contributed by atoms with van der Waals surface area (Å²) in [6, 6.07) is 0.0350. The lowest BCUT2D eigenvalue weighted by Crippen LogP contribution is -2.39. The van der Waals surface area contributed by atoms with E-state index in [-0.39, 0.29) is 11.6 Å². The maximum atomic E-state index is 5.86. The fourth-order valence-electron chi connectivity index (χ4n) is 1.48. The van der Waals surface area contributed by atoms with Crippen molar-refractivity contribution in [3.63, 3.8) is 0 Å². The molecule has 0 aromatic heterocycles. The molecule has 1 aliphatic rings. The summed E-state index contributed by atoms with van der Waals surface area (Å²) in [5, 5.41) is 0. The zero-order valence-electron chi connectivity index (χ0n) is 9.95. The number of ether oxygens (including phenoxy) is 2. The van der Waals surface area contributed by atoms with Crippen LogP contribution in [0, 0.1) is 0 Å². The predicted octanol–water partition coefficient (Wildman–Crippen LogP) is 0.932. The first-order valence-corrected chi connectivity index (χ1v) is 5.35. The molecule has 1 aliphatic heterocycles. The van der Waals surface area contributed by atoms with Gasteiger partial charge >= 0.3 is 0 Å². The van der Waals surface area contributed by atoms with E-state index in [1.165, 1.54) is 0 Å². The second kappa shape index (κ2) is 4.86. The number of hydrogen-bond donors (Lipinski definition) is 1. The van der Waals surface area contributed by atoms with E-state index in [2.05, 4.69) is 6.58 Å². The van der Waals surface area contributed by atoms with Gasteiger partial charge in [-0.3, -0.25) is 0 Å². The molecule has 4 heteroatoms. The quantitative estimate of drug-likeness (QED) is 0.695. The van der Waals surface area contributed by atoms with Crippen LogP contribution in [0.5, 0.6) is 0 Å². The third-order valence-electron chi connectivity index (χ3n) is 2.07. The molecule has 1 rings (SSSR count). The van der Waals surface area contributed by atoms with Crippen molar-refractivity contribution in [2.24, 2.45) is 5.73 Å². The highest BCUT2D eigenvalue weighted by Gasteiger charge is 2.20. The van der Waals surface area contributed by atoms with Crippen LogP contribution in [0.4, 0.5) is 0 Å². The standard InChI is InChI=1S/C11H22N2O2/c1-9(15-11(2,3)4)13-5-6-14-8-10(12)7-13/h10H,1,5-8,12H2,2-4H3. The summed E-state index contributed by atoms with van der Waals surface area (Å²) < 4.78 is 11.1. The van der Waals surface area contributed by atoms with Crippen LogP contribution in [0.3, 0.4) is 0 Å². The molecule has 4 nitrogen and oxygen atoms in total. The third kappa shape index (κ3) is 4.53. The lowest BCUT2D eigenvalue weighted by Gasteiger charge is -2.31. The molecule has 1 unspecified atom stereocenters. The van der Waals surface area contributed by atoms with Crippen LogP contribution < -0.4 is 5.73 Å². The summed E-state index contributed by atoms with van der Waals surface area (Å²) in [7, 11) is 0. The summed E-state index contributed by atoms with van der Waals surface area (Å²) in [4.78, 5) is 2.04. The van der Waals surface area contributed by atoms with E-state index in [0.29, 0.717) is 19.1 Å². The monoisotopic (exact) mass is 214 g/mol. The van der Waals surface area contributed by atoms with Crippen LogP contribution >= 0.6 is 0 Å². The largest absolute Gasteiger partial charge is 0.474 e. The van der Waals surface area contributed by atoms with Crippen molar-refractivity contribution >= 4 is 0 Å². The minimum atomic E-state index is -0.214. The Hall–Kier alpha value is -0.740. The lowest BCUT2D eigenvalue weighted by molar-refractivity contribution is 0.00197. The zero-order valence-corrected chi connectivity index (χ0v) is 9.95. The lowest BCUT2D eigenvalue weighted by atomic mass is 10.2. The highest BCUT2D eigenvalue weighted by Crippen LogP contribution is 2.16. The summed E-state index contributed by atoms with van der Waals surface area (Å²) in [6.45, 7) is 12.8. The predicted molar refractivity (Wildman–Crippen MR) is 60.3 cm³/mol. The van der Waals surface area contributed by atoms with Crippen molar-refractivity contribution in [1.29, 1.82) is 0 Å². The van der Waals surface area contributed by atoms with E-state index in [0.717, 1.165) is 13.1 Å². The number of hydrogen-bond acceptors (Lipinski definition) is 4. The van der Waals surface area contributed by atoms with E-state index in [1.807, 2.05) is 25.7 Å². The second-order valence-electron chi connectivity index (χ2n) is 4.89. The van der Waals surface area contributed by atoms with Crippen molar-refractivity contribution in [3.8, 4) is 0 Å². The first-order valence-electron chi connectivity index (χ1n) is 5.35. The normalized spacial score (nSPS) is 23.5. The Balaban J connectivity index is 2.50. The first-order chi connectivity index (χ1) is 6.88. The van der Waals surface area contributed by atoms with Crippen LogP contribution in [-0.2, 0) is 9.47 Å². The molecular weight excluding hydrogens is 192 g/mol. The van der Waals surface area contributed by atoms with E-state index in [4.69, 9.17) is 15.2 Å². The minimum absolute atomic E-state index is 0.0350. The maximum Gasteiger partial charge on any atom is 0.182 e. The molecule has 0 radical (unpaired) electrons. The van der Waals surface area contributed by atoms with Crippen molar-refractivity contribution in [2.45, 2.75) is 32.4 Å². The van der Waals surface area contributed by atoms with Crippen molar-refractivity contribution in [3.05, 3.63) is 12.5 Å². The highest BCUT2D eigenvalue weighted by atomic mass is 16.5. The highest BCUT2D eigenvalue weighted by molar-refractivity contribution is 4.89. The maximum absolute atomic E-state index is 5.86. The molecule has 2 N–H and O–H groups in total. The van der Waals surface area contributed by atoms with Gasteiger partial charge in [-0.25, -0.2) is 0 Å². The average molecular weight is 214 g/mol. The Labute approximate surface area is 92.0 Å². The molecule has 88 valence electrons. The van der Waals surface area contributed by atoms with Gasteiger partial charge < -0.3 is 20.1 Å². The molecule has 0 bridgehead atoms. The second-order valence-corrected chi connectivity index (χ2v) is 4.89. The Morgan fingerprint density at radius 2 is 2.20 bits per heavy atom. The topological polar surface area (TPSA) is 47.7 Å². The minimum Gasteiger partial charge on any atom is -0.474 e. The van der Waals surface area contributed by atoms with Crippen LogP contribution in [0.15, 0.2) is 12.5 Å². The van der Waals surface area contributed by atoms with Crippen LogP contribution in [0.25, 0.3) is 0 Å². The molecule has 1 heterocycles. The molecule has 1 atom stereocenters. The molecule has 15 heavy (non-hydrogen) atoms. The SMILES string of the molecule is C=C(OC(C)(C)C)N1CCOCC(N)C1. The summed E-state index contributed by atoms with van der Waals surface area (Å²) in [5.74, 6) is 0.684.